The number of aryl methyl sites for hydroxylation is 1. The summed E-state index contributed by atoms with van der Waals surface area (Å²) in [5.41, 5.74) is 3.01. The summed E-state index contributed by atoms with van der Waals surface area (Å²) >= 11 is 12.2. The molecule has 0 aromatic heterocycles. The van der Waals surface area contributed by atoms with Gasteiger partial charge in [0.05, 0.1) is 6.61 Å². The van der Waals surface area contributed by atoms with Crippen molar-refractivity contribution in [2.45, 2.75) is 26.9 Å². The smallest absolute Gasteiger partial charge is 0.329 e. The predicted molar refractivity (Wildman–Crippen MR) is 151 cm³/mol. The molecule has 1 saturated heterocycles. The number of nitrogens with one attached hydrogen (secondary N) is 2. The molecule has 0 saturated carbocycles. The minimum Gasteiger partial charge on any atom is -0.490 e. The number of hydrogen-bond donors (Lipinski definition) is 2. The summed E-state index contributed by atoms with van der Waals surface area (Å²) in [4.78, 5) is 38.9. The minimum absolute atomic E-state index is 0.0471. The lowest BCUT2D eigenvalue weighted by Crippen LogP contribution is -2.38. The molecule has 0 aliphatic carbocycles. The molecule has 202 valence electrons. The second-order valence-electron chi connectivity index (χ2n) is 8.60. The predicted octanol–water partition coefficient (Wildman–Crippen LogP) is 6.06. The monoisotopic (exact) mass is 567 g/mol. The van der Waals surface area contributed by atoms with Gasteiger partial charge in [0.15, 0.2) is 11.5 Å². The van der Waals surface area contributed by atoms with Crippen molar-refractivity contribution >= 4 is 52.8 Å². The zero-order valence-corrected chi connectivity index (χ0v) is 22.9. The number of nitrogens with zero attached hydrogens (tertiary/aromatic N) is 1. The topological polar surface area (TPSA) is 97.0 Å². The number of carbonyl (C=O) groups is 3. The highest BCUT2D eigenvalue weighted by Crippen LogP contribution is 2.31. The molecule has 8 nitrogen and oxygen atoms in total. The lowest BCUT2D eigenvalue weighted by atomic mass is 10.1. The Labute approximate surface area is 236 Å². The van der Waals surface area contributed by atoms with Gasteiger partial charge in [0.1, 0.15) is 18.8 Å². The van der Waals surface area contributed by atoms with E-state index in [-0.39, 0.29) is 12.3 Å². The van der Waals surface area contributed by atoms with E-state index in [2.05, 4.69) is 10.6 Å². The Morgan fingerprint density at radius 2 is 1.77 bits per heavy atom. The molecule has 3 aromatic rings. The zero-order chi connectivity index (χ0) is 27.9. The summed E-state index contributed by atoms with van der Waals surface area (Å²) in [7, 11) is 0. The van der Waals surface area contributed by atoms with Crippen LogP contribution in [0.3, 0.4) is 0 Å². The number of anilines is 1. The van der Waals surface area contributed by atoms with Crippen molar-refractivity contribution < 1.29 is 23.9 Å². The number of benzene rings is 3. The first-order valence-electron chi connectivity index (χ1n) is 12.3. The lowest BCUT2D eigenvalue weighted by Gasteiger charge is -2.14. The molecular weight excluding hydrogens is 541 g/mol. The fourth-order valence-electron chi connectivity index (χ4n) is 3.96. The lowest BCUT2D eigenvalue weighted by molar-refractivity contribution is -0.127. The third kappa shape index (κ3) is 6.90. The van der Waals surface area contributed by atoms with E-state index < -0.39 is 24.4 Å². The Kier molecular flexibility index (Phi) is 9.11. The summed E-state index contributed by atoms with van der Waals surface area (Å²) in [6.07, 6.45) is 2.25. The van der Waals surface area contributed by atoms with Gasteiger partial charge in [-0.1, -0.05) is 60.5 Å². The normalized spacial score (nSPS) is 13.9. The number of hydrogen-bond acceptors (Lipinski definition) is 5. The molecule has 4 rings (SSSR count). The molecule has 3 aromatic carbocycles. The Bertz CT molecular complexity index is 1440. The number of para-hydroxylation sites is 1. The van der Waals surface area contributed by atoms with Crippen LogP contribution in [0.1, 0.15) is 30.5 Å². The SMILES string of the molecule is CCOc1cc(/C=C2/NC(=O)N(CC(=O)Nc3ccccc3CC)C2=O)ccc1OCc1ccc(Cl)cc1Cl. The van der Waals surface area contributed by atoms with Crippen molar-refractivity contribution in [3.63, 3.8) is 0 Å². The maximum absolute atomic E-state index is 12.9. The molecule has 0 bridgehead atoms. The van der Waals surface area contributed by atoms with Gasteiger partial charge < -0.3 is 20.1 Å². The minimum atomic E-state index is -0.671. The van der Waals surface area contributed by atoms with Crippen molar-refractivity contribution in [1.82, 2.24) is 10.2 Å². The Hall–Kier alpha value is -4.01. The van der Waals surface area contributed by atoms with E-state index in [1.54, 1.807) is 42.5 Å². The van der Waals surface area contributed by atoms with Crippen LogP contribution in [0.25, 0.3) is 6.08 Å². The molecule has 0 spiro atoms. The van der Waals surface area contributed by atoms with Crippen LogP contribution in [0.5, 0.6) is 11.5 Å². The van der Waals surface area contributed by atoms with E-state index in [1.165, 1.54) is 6.08 Å². The first-order valence-corrected chi connectivity index (χ1v) is 13.1. The first-order chi connectivity index (χ1) is 18.8. The van der Waals surface area contributed by atoms with Gasteiger partial charge in [-0.3, -0.25) is 9.59 Å². The van der Waals surface area contributed by atoms with Crippen molar-refractivity contribution in [2.75, 3.05) is 18.5 Å². The number of rotatable bonds is 10. The van der Waals surface area contributed by atoms with E-state index in [4.69, 9.17) is 32.7 Å². The van der Waals surface area contributed by atoms with Crippen LogP contribution < -0.4 is 20.1 Å². The van der Waals surface area contributed by atoms with Gasteiger partial charge in [-0.15, -0.1) is 0 Å². The van der Waals surface area contributed by atoms with E-state index in [0.29, 0.717) is 39.4 Å². The second-order valence-corrected chi connectivity index (χ2v) is 9.45. The molecule has 10 heteroatoms. The molecule has 4 amide bonds. The van der Waals surface area contributed by atoms with Gasteiger partial charge in [-0.2, -0.15) is 0 Å². The van der Waals surface area contributed by atoms with Crippen LogP contribution in [0.15, 0.2) is 66.4 Å². The maximum atomic E-state index is 12.9. The molecular formula is C29H27Cl2N3O5. The van der Waals surface area contributed by atoms with Gasteiger partial charge in [-0.25, -0.2) is 9.69 Å². The van der Waals surface area contributed by atoms with Crippen LogP contribution in [0.4, 0.5) is 10.5 Å². The second kappa shape index (κ2) is 12.7. The van der Waals surface area contributed by atoms with Crippen LogP contribution in [0.2, 0.25) is 10.0 Å². The van der Waals surface area contributed by atoms with E-state index in [0.717, 1.165) is 22.4 Å². The zero-order valence-electron chi connectivity index (χ0n) is 21.4. The third-order valence-corrected chi connectivity index (χ3v) is 6.50. The molecule has 0 unspecified atom stereocenters. The van der Waals surface area contributed by atoms with E-state index in [9.17, 15) is 14.4 Å². The van der Waals surface area contributed by atoms with Crippen molar-refractivity contribution in [3.05, 3.63) is 93.1 Å². The van der Waals surface area contributed by atoms with Crippen molar-refractivity contribution in [2.24, 2.45) is 0 Å². The highest BCUT2D eigenvalue weighted by atomic mass is 35.5. The van der Waals surface area contributed by atoms with Gasteiger partial charge in [-0.05, 0) is 60.9 Å². The molecule has 1 aliphatic heterocycles. The number of urea groups is 1. The Balaban J connectivity index is 1.46. The standard InChI is InChI=1S/C29H27Cl2N3O5/c1-3-19-7-5-6-8-23(19)32-27(35)16-34-28(36)24(33-29(34)37)13-18-9-12-25(26(14-18)38-4-2)39-17-20-10-11-21(30)15-22(20)31/h5-15H,3-4,16-17H2,1-2H3,(H,32,35)(H,33,37)/b24-13+. The highest BCUT2D eigenvalue weighted by Gasteiger charge is 2.35. The molecule has 2 N–H and O–H groups in total. The van der Waals surface area contributed by atoms with Crippen LogP contribution in [-0.2, 0) is 22.6 Å². The molecule has 39 heavy (non-hydrogen) atoms. The number of halogens is 2. The van der Waals surface area contributed by atoms with Crippen LogP contribution in [0, 0.1) is 0 Å². The van der Waals surface area contributed by atoms with Gasteiger partial charge in [0.2, 0.25) is 5.91 Å². The third-order valence-electron chi connectivity index (χ3n) is 5.91. The fraction of sp³-hybridized carbons (Fsp3) is 0.207. The van der Waals surface area contributed by atoms with E-state index in [1.807, 2.05) is 32.0 Å². The fourth-order valence-corrected chi connectivity index (χ4v) is 4.43. The summed E-state index contributed by atoms with van der Waals surface area (Å²) in [5, 5.41) is 6.34. The Morgan fingerprint density at radius 3 is 2.51 bits per heavy atom. The highest BCUT2D eigenvalue weighted by molar-refractivity contribution is 6.35. The van der Waals surface area contributed by atoms with Gasteiger partial charge in [0, 0.05) is 21.3 Å². The van der Waals surface area contributed by atoms with Crippen molar-refractivity contribution in [3.8, 4) is 11.5 Å². The number of carbonyl (C=O) groups excluding carboxylic acids is 3. The average molecular weight is 568 g/mol. The first kappa shape index (κ1) is 28.0. The van der Waals surface area contributed by atoms with Crippen molar-refractivity contribution in [1.29, 1.82) is 0 Å². The number of imide groups is 1. The van der Waals surface area contributed by atoms with Crippen LogP contribution in [-0.4, -0.2) is 35.9 Å². The molecule has 1 aliphatic rings. The summed E-state index contributed by atoms with van der Waals surface area (Å²) in [6, 6.07) is 17.0. The summed E-state index contributed by atoms with van der Waals surface area (Å²) in [6.45, 7) is 3.99. The van der Waals surface area contributed by atoms with Gasteiger partial charge >= 0.3 is 6.03 Å². The van der Waals surface area contributed by atoms with Crippen LogP contribution >= 0.6 is 23.2 Å². The molecule has 0 atom stereocenters. The number of ether oxygens (including phenoxy) is 2. The molecule has 1 fully saturated rings. The largest absolute Gasteiger partial charge is 0.490 e. The average Bonchev–Trinajstić information content (AvgIpc) is 3.16. The van der Waals surface area contributed by atoms with E-state index >= 15 is 0 Å². The molecule has 0 radical (unpaired) electrons. The Morgan fingerprint density at radius 1 is 0.974 bits per heavy atom. The quantitative estimate of drug-likeness (QED) is 0.229. The summed E-state index contributed by atoms with van der Waals surface area (Å²) in [5.74, 6) is -0.131. The molecule has 1 heterocycles. The van der Waals surface area contributed by atoms with Gasteiger partial charge in [0.25, 0.3) is 5.91 Å². The maximum Gasteiger partial charge on any atom is 0.329 e. The summed E-state index contributed by atoms with van der Waals surface area (Å²) < 4.78 is 11.7. The number of amides is 4.